The number of hydrogen-bond acceptors (Lipinski definition) is 5. The maximum absolute atomic E-state index is 8.59. The predicted molar refractivity (Wildman–Crippen MR) is 55.1 cm³/mol. The van der Waals surface area contributed by atoms with Crippen molar-refractivity contribution in [3.63, 3.8) is 0 Å². The SMILES string of the molecule is CC(NCc1ccc(C#N)o1)c1ncn[nH]1. The summed E-state index contributed by atoms with van der Waals surface area (Å²) in [4.78, 5) is 4.04. The average molecular weight is 217 g/mol. The number of nitrogens with one attached hydrogen (secondary N) is 2. The van der Waals surface area contributed by atoms with Gasteiger partial charge in [0.05, 0.1) is 12.6 Å². The van der Waals surface area contributed by atoms with Gasteiger partial charge in [-0.25, -0.2) is 4.98 Å². The van der Waals surface area contributed by atoms with Gasteiger partial charge in [0.25, 0.3) is 0 Å². The van der Waals surface area contributed by atoms with Gasteiger partial charge >= 0.3 is 0 Å². The maximum Gasteiger partial charge on any atom is 0.203 e. The number of aromatic amines is 1. The third-order valence-corrected chi connectivity index (χ3v) is 2.20. The van der Waals surface area contributed by atoms with Crippen LogP contribution in [-0.4, -0.2) is 15.2 Å². The number of nitrogens with zero attached hydrogens (tertiary/aromatic N) is 3. The van der Waals surface area contributed by atoms with Crippen LogP contribution >= 0.6 is 0 Å². The molecule has 82 valence electrons. The van der Waals surface area contributed by atoms with Gasteiger partial charge < -0.3 is 9.73 Å². The molecule has 2 aromatic rings. The Hall–Kier alpha value is -2.13. The molecule has 1 unspecified atom stereocenters. The minimum absolute atomic E-state index is 0.0538. The Balaban J connectivity index is 1.90. The van der Waals surface area contributed by atoms with Crippen molar-refractivity contribution in [2.75, 3.05) is 0 Å². The van der Waals surface area contributed by atoms with E-state index < -0.39 is 0 Å². The summed E-state index contributed by atoms with van der Waals surface area (Å²) >= 11 is 0. The zero-order valence-corrected chi connectivity index (χ0v) is 8.77. The molecule has 2 N–H and O–H groups in total. The molecule has 0 spiro atoms. The molecule has 2 rings (SSSR count). The normalized spacial score (nSPS) is 12.2. The van der Waals surface area contributed by atoms with Gasteiger partial charge in [-0.05, 0) is 19.1 Å². The predicted octanol–water partition coefficient (Wildman–Crippen LogP) is 1.12. The van der Waals surface area contributed by atoms with Crippen LogP contribution in [0.5, 0.6) is 0 Å². The second kappa shape index (κ2) is 4.59. The van der Waals surface area contributed by atoms with Gasteiger partial charge in [0.15, 0.2) is 0 Å². The zero-order valence-electron chi connectivity index (χ0n) is 8.77. The van der Waals surface area contributed by atoms with Crippen molar-refractivity contribution in [3.8, 4) is 6.07 Å². The van der Waals surface area contributed by atoms with E-state index in [1.165, 1.54) is 6.33 Å². The van der Waals surface area contributed by atoms with E-state index in [0.717, 1.165) is 11.6 Å². The smallest absolute Gasteiger partial charge is 0.203 e. The van der Waals surface area contributed by atoms with Crippen LogP contribution < -0.4 is 5.32 Å². The van der Waals surface area contributed by atoms with E-state index in [-0.39, 0.29) is 6.04 Å². The molecular formula is C10H11N5O. The van der Waals surface area contributed by atoms with Gasteiger partial charge in [-0.1, -0.05) is 0 Å². The van der Waals surface area contributed by atoms with Crippen LogP contribution in [0.3, 0.4) is 0 Å². The quantitative estimate of drug-likeness (QED) is 0.800. The molecule has 0 saturated heterocycles. The van der Waals surface area contributed by atoms with Crippen LogP contribution in [0, 0.1) is 11.3 Å². The van der Waals surface area contributed by atoms with Gasteiger partial charge in [0.1, 0.15) is 24.0 Å². The topological polar surface area (TPSA) is 90.5 Å². The molecule has 0 aromatic carbocycles. The number of furan rings is 1. The van der Waals surface area contributed by atoms with Gasteiger partial charge in [-0.2, -0.15) is 10.4 Å². The minimum Gasteiger partial charge on any atom is -0.449 e. The van der Waals surface area contributed by atoms with Crippen molar-refractivity contribution < 1.29 is 4.42 Å². The summed E-state index contributed by atoms with van der Waals surface area (Å²) in [5, 5.41) is 18.3. The lowest BCUT2D eigenvalue weighted by Gasteiger charge is -2.08. The highest BCUT2D eigenvalue weighted by atomic mass is 16.3. The van der Waals surface area contributed by atoms with E-state index in [9.17, 15) is 0 Å². The molecule has 6 nitrogen and oxygen atoms in total. The largest absolute Gasteiger partial charge is 0.449 e. The van der Waals surface area contributed by atoms with E-state index in [1.54, 1.807) is 12.1 Å². The monoisotopic (exact) mass is 217 g/mol. The van der Waals surface area contributed by atoms with Crippen molar-refractivity contribution in [1.82, 2.24) is 20.5 Å². The number of hydrogen-bond donors (Lipinski definition) is 2. The number of rotatable bonds is 4. The first kappa shape index (κ1) is 10.4. The fourth-order valence-corrected chi connectivity index (χ4v) is 1.31. The van der Waals surface area contributed by atoms with E-state index in [0.29, 0.717) is 12.3 Å². The highest BCUT2D eigenvalue weighted by Gasteiger charge is 2.08. The van der Waals surface area contributed by atoms with Crippen LogP contribution in [0.4, 0.5) is 0 Å². The van der Waals surface area contributed by atoms with Crippen molar-refractivity contribution in [1.29, 1.82) is 5.26 Å². The van der Waals surface area contributed by atoms with Crippen molar-refractivity contribution in [2.45, 2.75) is 19.5 Å². The molecule has 2 heterocycles. The summed E-state index contributed by atoms with van der Waals surface area (Å²) in [6, 6.07) is 5.42. The van der Waals surface area contributed by atoms with Crippen LogP contribution in [0.2, 0.25) is 0 Å². The van der Waals surface area contributed by atoms with Gasteiger partial charge in [0.2, 0.25) is 5.76 Å². The lowest BCUT2D eigenvalue weighted by molar-refractivity contribution is 0.447. The Bertz CT molecular complexity index is 482. The Morgan fingerprint density at radius 3 is 3.12 bits per heavy atom. The summed E-state index contributed by atoms with van der Waals surface area (Å²) < 4.78 is 5.23. The molecule has 0 amide bonds. The number of H-pyrrole nitrogens is 1. The van der Waals surface area contributed by atoms with Crippen LogP contribution in [0.25, 0.3) is 0 Å². The Morgan fingerprint density at radius 1 is 1.62 bits per heavy atom. The van der Waals surface area contributed by atoms with E-state index in [2.05, 4.69) is 20.5 Å². The molecule has 0 fully saturated rings. The molecule has 0 aliphatic heterocycles. The van der Waals surface area contributed by atoms with Crippen molar-refractivity contribution in [2.24, 2.45) is 0 Å². The summed E-state index contributed by atoms with van der Waals surface area (Å²) in [6.07, 6.45) is 1.47. The second-order valence-corrected chi connectivity index (χ2v) is 3.35. The third kappa shape index (κ3) is 2.27. The fraction of sp³-hybridized carbons (Fsp3) is 0.300. The first-order chi connectivity index (χ1) is 7.79. The molecule has 1 atom stereocenters. The maximum atomic E-state index is 8.59. The Labute approximate surface area is 92.3 Å². The highest BCUT2D eigenvalue weighted by Crippen LogP contribution is 2.09. The van der Waals surface area contributed by atoms with E-state index >= 15 is 0 Å². The molecule has 2 aromatic heterocycles. The first-order valence-electron chi connectivity index (χ1n) is 4.87. The molecular weight excluding hydrogens is 206 g/mol. The van der Waals surface area contributed by atoms with Gasteiger partial charge in [0, 0.05) is 0 Å². The fourth-order valence-electron chi connectivity index (χ4n) is 1.31. The second-order valence-electron chi connectivity index (χ2n) is 3.35. The van der Waals surface area contributed by atoms with Gasteiger partial charge in [-0.3, -0.25) is 5.10 Å². The molecule has 0 aliphatic rings. The summed E-state index contributed by atoms with van der Waals surface area (Å²) in [6.45, 7) is 2.51. The molecule has 16 heavy (non-hydrogen) atoms. The Morgan fingerprint density at radius 2 is 2.50 bits per heavy atom. The third-order valence-electron chi connectivity index (χ3n) is 2.20. The van der Waals surface area contributed by atoms with Crippen LogP contribution in [-0.2, 0) is 6.54 Å². The van der Waals surface area contributed by atoms with Crippen LogP contribution in [0.1, 0.15) is 30.3 Å². The van der Waals surface area contributed by atoms with E-state index in [4.69, 9.17) is 9.68 Å². The summed E-state index contributed by atoms with van der Waals surface area (Å²) in [7, 11) is 0. The molecule has 0 aliphatic carbocycles. The summed E-state index contributed by atoms with van der Waals surface area (Å²) in [5.41, 5.74) is 0. The highest BCUT2D eigenvalue weighted by molar-refractivity contribution is 5.19. The average Bonchev–Trinajstić information content (AvgIpc) is 2.96. The van der Waals surface area contributed by atoms with Crippen molar-refractivity contribution in [3.05, 3.63) is 35.8 Å². The van der Waals surface area contributed by atoms with Crippen molar-refractivity contribution >= 4 is 0 Å². The molecule has 0 radical (unpaired) electrons. The van der Waals surface area contributed by atoms with Crippen LogP contribution in [0.15, 0.2) is 22.9 Å². The van der Waals surface area contributed by atoms with E-state index in [1.807, 2.05) is 13.0 Å². The molecule has 6 heteroatoms. The summed E-state index contributed by atoms with van der Waals surface area (Å²) in [5.74, 6) is 1.82. The number of aromatic nitrogens is 3. The molecule has 0 bridgehead atoms. The zero-order chi connectivity index (χ0) is 11.4. The lowest BCUT2D eigenvalue weighted by Crippen LogP contribution is -2.18. The lowest BCUT2D eigenvalue weighted by atomic mass is 10.3. The number of nitriles is 1. The first-order valence-corrected chi connectivity index (χ1v) is 4.87. The standard InChI is InChI=1S/C10H11N5O/c1-7(10-13-6-14-15-10)12-5-9-3-2-8(4-11)16-9/h2-3,6-7,12H,5H2,1H3,(H,13,14,15). The van der Waals surface area contributed by atoms with Gasteiger partial charge in [-0.15, -0.1) is 0 Å². The Kier molecular flexibility index (Phi) is 2.98. The minimum atomic E-state index is 0.0538. The molecule has 0 saturated carbocycles.